The van der Waals surface area contributed by atoms with E-state index in [0.29, 0.717) is 19.3 Å². The number of rotatable bonds is 4. The molecule has 5 nitrogen and oxygen atoms in total. The molecule has 120 valence electrons. The normalized spacial score (nSPS) is 21.2. The first kappa shape index (κ1) is 16.2. The van der Waals surface area contributed by atoms with Crippen LogP contribution in [0, 0.1) is 23.5 Å². The number of hydrogen-bond donors (Lipinski definition) is 2. The molecule has 1 aromatic carbocycles. The summed E-state index contributed by atoms with van der Waals surface area (Å²) in [6.07, 6.45) is 1.99. The molecule has 0 aromatic heterocycles. The second kappa shape index (κ2) is 6.72. The second-order valence-corrected chi connectivity index (χ2v) is 5.36. The lowest BCUT2D eigenvalue weighted by atomic mass is 9.81. The molecule has 0 spiro atoms. The SMILES string of the molecule is COc1c(F)cc(NC(=O)C2CCCC(C(=O)O)C2)cc1F. The van der Waals surface area contributed by atoms with E-state index in [1.54, 1.807) is 0 Å². The van der Waals surface area contributed by atoms with Gasteiger partial charge in [-0.05, 0) is 19.3 Å². The first-order valence-corrected chi connectivity index (χ1v) is 6.99. The second-order valence-electron chi connectivity index (χ2n) is 5.36. The summed E-state index contributed by atoms with van der Waals surface area (Å²) in [4.78, 5) is 23.1. The first-order valence-electron chi connectivity index (χ1n) is 6.99. The highest BCUT2D eigenvalue weighted by Gasteiger charge is 2.31. The number of methoxy groups -OCH3 is 1. The monoisotopic (exact) mass is 313 g/mol. The van der Waals surface area contributed by atoms with E-state index < -0.39 is 41.1 Å². The topological polar surface area (TPSA) is 75.6 Å². The van der Waals surface area contributed by atoms with Gasteiger partial charge >= 0.3 is 5.97 Å². The highest BCUT2D eigenvalue weighted by molar-refractivity contribution is 5.93. The van der Waals surface area contributed by atoms with Gasteiger partial charge in [0.2, 0.25) is 5.91 Å². The van der Waals surface area contributed by atoms with Gasteiger partial charge in [0.25, 0.3) is 0 Å². The van der Waals surface area contributed by atoms with Crippen LogP contribution in [0.5, 0.6) is 5.75 Å². The Morgan fingerprint density at radius 1 is 1.23 bits per heavy atom. The van der Waals surface area contributed by atoms with E-state index in [0.717, 1.165) is 19.2 Å². The van der Waals surface area contributed by atoms with Gasteiger partial charge in [-0.2, -0.15) is 0 Å². The van der Waals surface area contributed by atoms with Crippen molar-refractivity contribution in [2.45, 2.75) is 25.7 Å². The molecule has 1 fully saturated rings. The summed E-state index contributed by atoms with van der Waals surface area (Å²) in [5, 5.41) is 11.4. The van der Waals surface area contributed by atoms with Crippen LogP contribution in [0.3, 0.4) is 0 Å². The van der Waals surface area contributed by atoms with Crippen LogP contribution in [0.2, 0.25) is 0 Å². The number of anilines is 1. The van der Waals surface area contributed by atoms with Crippen molar-refractivity contribution in [3.8, 4) is 5.75 Å². The van der Waals surface area contributed by atoms with Crippen molar-refractivity contribution in [2.75, 3.05) is 12.4 Å². The van der Waals surface area contributed by atoms with E-state index in [9.17, 15) is 18.4 Å². The van der Waals surface area contributed by atoms with Crippen molar-refractivity contribution in [1.82, 2.24) is 0 Å². The minimum Gasteiger partial charge on any atom is -0.491 e. The van der Waals surface area contributed by atoms with Crippen LogP contribution in [-0.4, -0.2) is 24.1 Å². The van der Waals surface area contributed by atoms with E-state index in [1.807, 2.05) is 0 Å². The zero-order valence-corrected chi connectivity index (χ0v) is 12.1. The molecular formula is C15H17F2NO4. The molecule has 1 amide bonds. The summed E-state index contributed by atoms with van der Waals surface area (Å²) >= 11 is 0. The summed E-state index contributed by atoms with van der Waals surface area (Å²) in [5.41, 5.74) is -0.0155. The summed E-state index contributed by atoms with van der Waals surface area (Å²) < 4.78 is 31.7. The summed E-state index contributed by atoms with van der Waals surface area (Å²) in [5.74, 6) is -4.69. The standard InChI is InChI=1S/C15H17F2NO4/c1-22-13-11(16)6-10(7-12(13)17)18-14(19)8-3-2-4-9(5-8)15(20)21/h6-9H,2-5H2,1H3,(H,18,19)(H,20,21). The van der Waals surface area contributed by atoms with Crippen LogP contribution < -0.4 is 10.1 Å². The lowest BCUT2D eigenvalue weighted by Crippen LogP contribution is -2.31. The molecule has 2 rings (SSSR count). The molecular weight excluding hydrogens is 296 g/mol. The number of benzene rings is 1. The molecule has 0 saturated heterocycles. The Bertz CT molecular complexity index is 568. The zero-order valence-electron chi connectivity index (χ0n) is 12.1. The Kier molecular flexibility index (Phi) is 4.95. The van der Waals surface area contributed by atoms with Gasteiger partial charge < -0.3 is 15.2 Å². The van der Waals surface area contributed by atoms with E-state index in [1.165, 1.54) is 0 Å². The van der Waals surface area contributed by atoms with E-state index in [-0.39, 0.29) is 12.1 Å². The summed E-state index contributed by atoms with van der Waals surface area (Å²) in [6.45, 7) is 0. The molecule has 2 atom stereocenters. The number of aliphatic carboxylic acids is 1. The molecule has 0 heterocycles. The van der Waals surface area contributed by atoms with E-state index in [4.69, 9.17) is 5.11 Å². The lowest BCUT2D eigenvalue weighted by molar-refractivity contribution is -0.143. The van der Waals surface area contributed by atoms with Crippen LogP contribution >= 0.6 is 0 Å². The summed E-state index contributed by atoms with van der Waals surface area (Å²) in [6, 6.07) is 1.94. The molecule has 2 unspecified atom stereocenters. The van der Waals surface area contributed by atoms with E-state index in [2.05, 4.69) is 10.1 Å². The van der Waals surface area contributed by atoms with E-state index >= 15 is 0 Å². The van der Waals surface area contributed by atoms with Crippen molar-refractivity contribution >= 4 is 17.6 Å². The predicted octanol–water partition coefficient (Wildman–Crippen LogP) is 2.80. The average molecular weight is 313 g/mol. The number of hydrogen-bond acceptors (Lipinski definition) is 3. The average Bonchev–Trinajstić information content (AvgIpc) is 2.47. The quantitative estimate of drug-likeness (QED) is 0.896. The Labute approximate surface area is 126 Å². The number of carbonyl (C=O) groups excluding carboxylic acids is 1. The van der Waals surface area contributed by atoms with Gasteiger partial charge in [-0.15, -0.1) is 0 Å². The number of amides is 1. The molecule has 1 aliphatic rings. The molecule has 1 aromatic rings. The van der Waals surface area contributed by atoms with Crippen LogP contribution in [0.4, 0.5) is 14.5 Å². The van der Waals surface area contributed by atoms with Gasteiger partial charge in [-0.1, -0.05) is 6.42 Å². The van der Waals surface area contributed by atoms with Gasteiger partial charge in [0, 0.05) is 23.7 Å². The Balaban J connectivity index is 2.07. The molecule has 7 heteroatoms. The fourth-order valence-corrected chi connectivity index (χ4v) is 2.72. The maximum atomic E-state index is 13.6. The maximum Gasteiger partial charge on any atom is 0.306 e. The van der Waals surface area contributed by atoms with Crippen molar-refractivity contribution < 1.29 is 28.2 Å². The fraction of sp³-hybridized carbons (Fsp3) is 0.467. The third-order valence-electron chi connectivity index (χ3n) is 3.86. The van der Waals surface area contributed by atoms with Gasteiger partial charge in [-0.25, -0.2) is 8.78 Å². The Morgan fingerprint density at radius 2 is 1.82 bits per heavy atom. The predicted molar refractivity (Wildman–Crippen MR) is 74.6 cm³/mol. The lowest BCUT2D eigenvalue weighted by Gasteiger charge is -2.25. The fourth-order valence-electron chi connectivity index (χ4n) is 2.72. The molecule has 22 heavy (non-hydrogen) atoms. The van der Waals surface area contributed by atoms with Gasteiger partial charge in [-0.3, -0.25) is 9.59 Å². The Morgan fingerprint density at radius 3 is 2.36 bits per heavy atom. The third kappa shape index (κ3) is 3.52. The van der Waals surface area contributed by atoms with Gasteiger partial charge in [0.15, 0.2) is 17.4 Å². The van der Waals surface area contributed by atoms with Crippen molar-refractivity contribution in [3.05, 3.63) is 23.8 Å². The van der Waals surface area contributed by atoms with Crippen molar-refractivity contribution in [2.24, 2.45) is 11.8 Å². The zero-order chi connectivity index (χ0) is 16.3. The van der Waals surface area contributed by atoms with Crippen LogP contribution in [0.15, 0.2) is 12.1 Å². The maximum absolute atomic E-state index is 13.6. The minimum absolute atomic E-state index is 0.0155. The van der Waals surface area contributed by atoms with Crippen molar-refractivity contribution in [1.29, 1.82) is 0 Å². The molecule has 1 saturated carbocycles. The number of nitrogens with one attached hydrogen (secondary N) is 1. The third-order valence-corrected chi connectivity index (χ3v) is 3.86. The largest absolute Gasteiger partial charge is 0.491 e. The molecule has 0 aliphatic heterocycles. The van der Waals surface area contributed by atoms with Gasteiger partial charge in [0.05, 0.1) is 13.0 Å². The first-order chi connectivity index (χ1) is 10.4. The molecule has 0 radical (unpaired) electrons. The number of carboxylic acids is 1. The van der Waals surface area contributed by atoms with Crippen LogP contribution in [-0.2, 0) is 9.59 Å². The highest BCUT2D eigenvalue weighted by Crippen LogP contribution is 2.31. The minimum atomic E-state index is -0.918. The van der Waals surface area contributed by atoms with Crippen molar-refractivity contribution in [3.63, 3.8) is 0 Å². The summed E-state index contributed by atoms with van der Waals surface area (Å²) in [7, 11) is 1.15. The molecule has 0 bridgehead atoms. The van der Waals surface area contributed by atoms with Gasteiger partial charge in [0.1, 0.15) is 0 Å². The number of carboxylic acid groups (broad SMARTS) is 1. The number of ether oxygens (including phenoxy) is 1. The molecule has 2 N–H and O–H groups in total. The van der Waals surface area contributed by atoms with Crippen LogP contribution in [0.1, 0.15) is 25.7 Å². The smallest absolute Gasteiger partial charge is 0.306 e. The molecule has 1 aliphatic carbocycles. The van der Waals surface area contributed by atoms with Crippen LogP contribution in [0.25, 0.3) is 0 Å². The number of carbonyl (C=O) groups is 2. The highest BCUT2D eigenvalue weighted by atomic mass is 19.1. The Hall–Kier alpha value is -2.18. The number of halogens is 2.